The summed E-state index contributed by atoms with van der Waals surface area (Å²) in [5.74, 6) is -1.02. The summed E-state index contributed by atoms with van der Waals surface area (Å²) in [4.78, 5) is 49.0. The van der Waals surface area contributed by atoms with Crippen LogP contribution in [0.5, 0.6) is 0 Å². The maximum atomic E-state index is 12.2. The van der Waals surface area contributed by atoms with Gasteiger partial charge < -0.3 is 14.4 Å². The predicted molar refractivity (Wildman–Crippen MR) is 106 cm³/mol. The molecule has 0 atom stereocenters. The van der Waals surface area contributed by atoms with Crippen LogP contribution in [0.4, 0.5) is 0 Å². The fraction of sp³-hybridized carbons (Fsp3) is 0.316. The third kappa shape index (κ3) is 5.02. The van der Waals surface area contributed by atoms with E-state index < -0.39 is 11.9 Å². The van der Waals surface area contributed by atoms with Crippen LogP contribution in [0.15, 0.2) is 40.2 Å². The zero-order valence-electron chi connectivity index (χ0n) is 15.7. The van der Waals surface area contributed by atoms with Gasteiger partial charge in [0.15, 0.2) is 0 Å². The Labute approximate surface area is 170 Å². The minimum Gasteiger partial charge on any atom is -0.463 e. The Balaban J connectivity index is 1.59. The zero-order chi connectivity index (χ0) is 20.8. The molecule has 0 aliphatic carbocycles. The van der Waals surface area contributed by atoms with Gasteiger partial charge in [-0.2, -0.15) is 5.10 Å². The SMILES string of the molecule is CCOC(=O)/C=C1\SCC(=O)N1CCOC(=O)Cc1n[nH]c(=O)c2ccccc12. The molecule has 0 spiro atoms. The summed E-state index contributed by atoms with van der Waals surface area (Å²) in [6.45, 7) is 2.03. The van der Waals surface area contributed by atoms with Crippen molar-refractivity contribution in [2.75, 3.05) is 25.5 Å². The number of amides is 1. The van der Waals surface area contributed by atoms with Crippen LogP contribution >= 0.6 is 11.8 Å². The van der Waals surface area contributed by atoms with E-state index in [4.69, 9.17) is 9.47 Å². The molecule has 1 N–H and O–H groups in total. The van der Waals surface area contributed by atoms with Gasteiger partial charge in [0.25, 0.3) is 5.56 Å². The Hall–Kier alpha value is -3.14. The van der Waals surface area contributed by atoms with Gasteiger partial charge >= 0.3 is 11.9 Å². The van der Waals surface area contributed by atoms with Crippen molar-refractivity contribution in [1.29, 1.82) is 0 Å². The summed E-state index contributed by atoms with van der Waals surface area (Å²) in [7, 11) is 0. The number of carbonyl (C=O) groups excluding carboxylic acids is 3. The molecule has 1 amide bonds. The standard InChI is InChI=1S/C19H19N3O6S/c1-2-27-18(25)10-16-22(15(23)11-29-16)7-8-28-17(24)9-14-12-5-3-4-6-13(12)19(26)21-20-14/h3-6,10H,2,7-9,11H2,1H3,(H,21,26)/b16-10-. The van der Waals surface area contributed by atoms with E-state index in [1.165, 1.54) is 22.7 Å². The number of carbonyl (C=O) groups is 3. The fourth-order valence-electron chi connectivity index (χ4n) is 2.80. The summed E-state index contributed by atoms with van der Waals surface area (Å²) in [6.07, 6.45) is 1.14. The van der Waals surface area contributed by atoms with Crippen molar-refractivity contribution in [3.63, 3.8) is 0 Å². The molecule has 1 aliphatic rings. The third-order valence-corrected chi connectivity index (χ3v) is 5.13. The van der Waals surface area contributed by atoms with Gasteiger partial charge in [-0.25, -0.2) is 9.89 Å². The summed E-state index contributed by atoms with van der Waals surface area (Å²) >= 11 is 1.23. The lowest BCUT2D eigenvalue weighted by Gasteiger charge is -2.16. The molecule has 9 nitrogen and oxygen atoms in total. The Bertz CT molecular complexity index is 1030. The van der Waals surface area contributed by atoms with Crippen molar-refractivity contribution < 1.29 is 23.9 Å². The van der Waals surface area contributed by atoms with Gasteiger partial charge in [0.2, 0.25) is 5.91 Å². The molecule has 0 saturated carbocycles. The number of rotatable bonds is 7. The second-order valence-corrected chi connectivity index (χ2v) is 7.01. The monoisotopic (exact) mass is 417 g/mol. The summed E-state index contributed by atoms with van der Waals surface area (Å²) in [6, 6.07) is 6.85. The summed E-state index contributed by atoms with van der Waals surface area (Å²) in [5.41, 5.74) is 0.0737. The number of esters is 2. The van der Waals surface area contributed by atoms with Gasteiger partial charge in [-0.15, -0.1) is 0 Å². The van der Waals surface area contributed by atoms with Crippen LogP contribution in [0.2, 0.25) is 0 Å². The molecule has 2 heterocycles. The van der Waals surface area contributed by atoms with E-state index in [1.807, 2.05) is 0 Å². The molecule has 29 heavy (non-hydrogen) atoms. The Morgan fingerprint density at radius 1 is 1.24 bits per heavy atom. The van der Waals surface area contributed by atoms with Gasteiger partial charge in [-0.1, -0.05) is 30.0 Å². The normalized spacial score (nSPS) is 15.1. The molecule has 2 aromatic rings. The summed E-state index contributed by atoms with van der Waals surface area (Å²) < 4.78 is 10.1. The Morgan fingerprint density at radius 3 is 2.76 bits per heavy atom. The van der Waals surface area contributed by atoms with Crippen LogP contribution < -0.4 is 5.56 Å². The van der Waals surface area contributed by atoms with Crippen LogP contribution in [0.25, 0.3) is 10.8 Å². The average molecular weight is 417 g/mol. The van der Waals surface area contributed by atoms with E-state index >= 15 is 0 Å². The van der Waals surface area contributed by atoms with Gasteiger partial charge in [0.1, 0.15) is 6.61 Å². The largest absolute Gasteiger partial charge is 0.463 e. The molecule has 0 unspecified atom stereocenters. The highest BCUT2D eigenvalue weighted by atomic mass is 32.2. The molecule has 1 aromatic carbocycles. The smallest absolute Gasteiger partial charge is 0.333 e. The minimum absolute atomic E-state index is 0.0351. The topological polar surface area (TPSA) is 119 Å². The fourth-order valence-corrected chi connectivity index (χ4v) is 3.75. The number of nitrogens with one attached hydrogen (secondary N) is 1. The number of aromatic nitrogens is 2. The van der Waals surface area contributed by atoms with Crippen LogP contribution in [-0.4, -0.2) is 58.5 Å². The molecule has 0 radical (unpaired) electrons. The molecule has 1 saturated heterocycles. The van der Waals surface area contributed by atoms with Crippen LogP contribution in [0.1, 0.15) is 12.6 Å². The van der Waals surface area contributed by atoms with Gasteiger partial charge in [0, 0.05) is 5.39 Å². The first-order valence-electron chi connectivity index (χ1n) is 8.93. The number of fused-ring (bicyclic) bond motifs is 1. The third-order valence-electron chi connectivity index (χ3n) is 4.10. The lowest BCUT2D eigenvalue weighted by Crippen LogP contribution is -2.29. The number of thioether (sulfide) groups is 1. The van der Waals surface area contributed by atoms with E-state index in [-0.39, 0.29) is 43.4 Å². The highest BCUT2D eigenvalue weighted by Crippen LogP contribution is 2.28. The molecular formula is C19H19N3O6S. The van der Waals surface area contributed by atoms with E-state index in [0.717, 1.165) is 0 Å². The first kappa shape index (κ1) is 20.6. The van der Waals surface area contributed by atoms with Crippen molar-refractivity contribution in [3.8, 4) is 0 Å². The molecular weight excluding hydrogens is 398 g/mol. The predicted octanol–water partition coefficient (Wildman–Crippen LogP) is 0.989. The van der Waals surface area contributed by atoms with Gasteiger partial charge in [-0.05, 0) is 13.0 Å². The van der Waals surface area contributed by atoms with E-state index in [9.17, 15) is 19.2 Å². The lowest BCUT2D eigenvalue weighted by atomic mass is 10.1. The molecule has 0 bridgehead atoms. The molecule has 1 aliphatic heterocycles. The van der Waals surface area contributed by atoms with Gasteiger partial charge in [0.05, 0.1) is 47.5 Å². The second kappa shape index (κ2) is 9.37. The highest BCUT2D eigenvalue weighted by Gasteiger charge is 2.27. The maximum absolute atomic E-state index is 12.2. The molecule has 152 valence electrons. The molecule has 1 aromatic heterocycles. The number of benzene rings is 1. The number of hydrogen-bond donors (Lipinski definition) is 1. The van der Waals surface area contributed by atoms with E-state index in [1.54, 1.807) is 31.2 Å². The van der Waals surface area contributed by atoms with Crippen LogP contribution in [0.3, 0.4) is 0 Å². The summed E-state index contributed by atoms with van der Waals surface area (Å²) in [5, 5.41) is 7.80. The Kier molecular flexibility index (Phi) is 6.65. The van der Waals surface area contributed by atoms with Gasteiger partial charge in [-0.3, -0.25) is 14.4 Å². The van der Waals surface area contributed by atoms with Crippen molar-refractivity contribution in [2.24, 2.45) is 0 Å². The van der Waals surface area contributed by atoms with Crippen LogP contribution in [0, 0.1) is 0 Å². The number of nitrogens with zero attached hydrogens (tertiary/aromatic N) is 2. The van der Waals surface area contributed by atoms with Crippen molar-refractivity contribution in [3.05, 3.63) is 51.4 Å². The Morgan fingerprint density at radius 2 is 2.00 bits per heavy atom. The first-order valence-corrected chi connectivity index (χ1v) is 9.91. The number of H-pyrrole nitrogens is 1. The molecule has 1 fully saturated rings. The quantitative estimate of drug-likeness (QED) is 0.523. The number of ether oxygens (including phenoxy) is 2. The van der Waals surface area contributed by atoms with Crippen molar-refractivity contribution in [2.45, 2.75) is 13.3 Å². The molecule has 3 rings (SSSR count). The average Bonchev–Trinajstić information content (AvgIpc) is 3.04. The number of aromatic amines is 1. The second-order valence-electron chi connectivity index (χ2n) is 6.01. The van der Waals surface area contributed by atoms with E-state index in [0.29, 0.717) is 21.5 Å². The maximum Gasteiger partial charge on any atom is 0.333 e. The van der Waals surface area contributed by atoms with Crippen molar-refractivity contribution >= 4 is 40.4 Å². The minimum atomic E-state index is -0.537. The van der Waals surface area contributed by atoms with E-state index in [2.05, 4.69) is 10.2 Å². The first-order chi connectivity index (χ1) is 14.0. The highest BCUT2D eigenvalue weighted by molar-refractivity contribution is 8.04. The van der Waals surface area contributed by atoms with Crippen LogP contribution in [-0.2, 0) is 30.3 Å². The van der Waals surface area contributed by atoms with Crippen molar-refractivity contribution in [1.82, 2.24) is 15.1 Å². The number of hydrogen-bond acceptors (Lipinski definition) is 8. The lowest BCUT2D eigenvalue weighted by molar-refractivity contribution is -0.144. The zero-order valence-corrected chi connectivity index (χ0v) is 16.5. The molecule has 10 heteroatoms.